The molecule has 1 N–H and O–H groups in total. The molecule has 0 amide bonds. The van der Waals surface area contributed by atoms with Gasteiger partial charge in [-0.3, -0.25) is 4.79 Å². The Labute approximate surface area is 124 Å². The van der Waals surface area contributed by atoms with Gasteiger partial charge >= 0.3 is 0 Å². The van der Waals surface area contributed by atoms with Crippen molar-refractivity contribution in [2.24, 2.45) is 0 Å². The smallest absolute Gasteiger partial charge is 0.197 e. The van der Waals surface area contributed by atoms with Crippen LogP contribution in [0.25, 0.3) is 0 Å². The Morgan fingerprint density at radius 2 is 2.05 bits per heavy atom. The van der Waals surface area contributed by atoms with Crippen LogP contribution in [-0.2, 0) is 6.42 Å². The number of ketones is 1. The molecule has 0 spiro atoms. The van der Waals surface area contributed by atoms with Crippen molar-refractivity contribution < 1.29 is 9.53 Å². The van der Waals surface area contributed by atoms with E-state index in [9.17, 15) is 4.79 Å². The molecule has 3 rings (SSSR count). The molecule has 0 unspecified atom stereocenters. The van der Waals surface area contributed by atoms with Gasteiger partial charge in [-0.15, -0.1) is 0 Å². The van der Waals surface area contributed by atoms with Crippen LogP contribution in [0.5, 0.6) is 5.75 Å². The summed E-state index contributed by atoms with van der Waals surface area (Å²) in [7, 11) is 1.60. The minimum atomic E-state index is 0.0381. The lowest BCUT2D eigenvalue weighted by Crippen LogP contribution is -2.16. The Bertz CT molecular complexity index is 692. The summed E-state index contributed by atoms with van der Waals surface area (Å²) in [4.78, 5) is 12.9. The fourth-order valence-electron chi connectivity index (χ4n) is 2.87. The first-order valence-electron chi connectivity index (χ1n) is 7.26. The van der Waals surface area contributed by atoms with E-state index in [4.69, 9.17) is 4.74 Å². The van der Waals surface area contributed by atoms with Crippen LogP contribution < -0.4 is 10.1 Å². The standard InChI is InChI=1S/C18H19NO2/c1-12-8-9-17(21-2)15(11-12)18(20)14-5-3-7-16-13(14)6-4-10-19-16/h3,5,7-9,11,19H,4,6,10H2,1-2H3. The number of carbonyl (C=O) groups is 1. The SMILES string of the molecule is COc1ccc(C)cc1C(=O)c1cccc2c1CCCN2. The van der Waals surface area contributed by atoms with Gasteiger partial charge in [-0.25, -0.2) is 0 Å². The monoisotopic (exact) mass is 281 g/mol. The fraction of sp³-hybridized carbons (Fsp3) is 0.278. The lowest BCUT2D eigenvalue weighted by molar-refractivity contribution is 0.103. The zero-order valence-corrected chi connectivity index (χ0v) is 12.4. The van der Waals surface area contributed by atoms with Crippen LogP contribution in [0.3, 0.4) is 0 Å². The molecule has 2 aromatic rings. The molecule has 0 saturated heterocycles. The van der Waals surface area contributed by atoms with Gasteiger partial charge in [0.25, 0.3) is 0 Å². The lowest BCUT2D eigenvalue weighted by atomic mass is 9.92. The number of benzene rings is 2. The zero-order valence-electron chi connectivity index (χ0n) is 12.4. The molecule has 1 aliphatic rings. The molecular formula is C18H19NO2. The van der Waals surface area contributed by atoms with Crippen molar-refractivity contribution in [1.82, 2.24) is 0 Å². The number of ether oxygens (including phenoxy) is 1. The van der Waals surface area contributed by atoms with Crippen LogP contribution in [0, 0.1) is 6.92 Å². The van der Waals surface area contributed by atoms with Crippen LogP contribution in [0.4, 0.5) is 5.69 Å². The third-order valence-electron chi connectivity index (χ3n) is 3.94. The molecule has 1 aliphatic heterocycles. The molecule has 1 heterocycles. The van der Waals surface area contributed by atoms with Gasteiger partial charge in [0.2, 0.25) is 0 Å². The Kier molecular flexibility index (Phi) is 3.65. The number of hydrogen-bond acceptors (Lipinski definition) is 3. The Morgan fingerprint density at radius 3 is 2.86 bits per heavy atom. The highest BCUT2D eigenvalue weighted by atomic mass is 16.5. The van der Waals surface area contributed by atoms with Crippen LogP contribution >= 0.6 is 0 Å². The lowest BCUT2D eigenvalue weighted by Gasteiger charge is -2.20. The Morgan fingerprint density at radius 1 is 1.19 bits per heavy atom. The number of carbonyl (C=O) groups excluding carboxylic acids is 1. The molecule has 3 heteroatoms. The number of nitrogens with one attached hydrogen (secondary N) is 1. The van der Waals surface area contributed by atoms with Crippen LogP contribution in [0.15, 0.2) is 36.4 Å². The summed E-state index contributed by atoms with van der Waals surface area (Å²) in [5, 5.41) is 3.37. The van der Waals surface area contributed by atoms with Gasteiger partial charge in [-0.2, -0.15) is 0 Å². The first kappa shape index (κ1) is 13.7. The van der Waals surface area contributed by atoms with E-state index < -0.39 is 0 Å². The summed E-state index contributed by atoms with van der Waals surface area (Å²) < 4.78 is 5.35. The van der Waals surface area contributed by atoms with E-state index in [1.807, 2.05) is 43.3 Å². The minimum absolute atomic E-state index is 0.0381. The second kappa shape index (κ2) is 5.60. The highest BCUT2D eigenvalue weighted by Gasteiger charge is 2.21. The summed E-state index contributed by atoms with van der Waals surface area (Å²) in [6.07, 6.45) is 2.00. The van der Waals surface area contributed by atoms with Crippen LogP contribution in [0.1, 0.15) is 33.5 Å². The maximum absolute atomic E-state index is 12.9. The van der Waals surface area contributed by atoms with E-state index in [0.717, 1.165) is 41.8 Å². The van der Waals surface area contributed by atoms with E-state index in [-0.39, 0.29) is 5.78 Å². The van der Waals surface area contributed by atoms with E-state index in [1.165, 1.54) is 0 Å². The van der Waals surface area contributed by atoms with Crippen molar-refractivity contribution in [1.29, 1.82) is 0 Å². The van der Waals surface area contributed by atoms with Crippen LogP contribution in [-0.4, -0.2) is 19.4 Å². The predicted octanol–water partition coefficient (Wildman–Crippen LogP) is 3.59. The van der Waals surface area contributed by atoms with Crippen molar-refractivity contribution in [2.75, 3.05) is 19.0 Å². The minimum Gasteiger partial charge on any atom is -0.496 e. The maximum Gasteiger partial charge on any atom is 0.197 e. The van der Waals surface area contributed by atoms with Crippen molar-refractivity contribution in [2.45, 2.75) is 19.8 Å². The molecule has 2 aromatic carbocycles. The molecule has 0 aromatic heterocycles. The van der Waals surface area contributed by atoms with Gasteiger partial charge in [0.15, 0.2) is 5.78 Å². The summed E-state index contributed by atoms with van der Waals surface area (Å²) in [5.74, 6) is 0.670. The van der Waals surface area contributed by atoms with E-state index in [0.29, 0.717) is 11.3 Å². The van der Waals surface area contributed by atoms with Gasteiger partial charge in [0, 0.05) is 17.8 Å². The van der Waals surface area contributed by atoms with Gasteiger partial charge in [-0.05, 0) is 43.5 Å². The van der Waals surface area contributed by atoms with E-state index in [2.05, 4.69) is 5.32 Å². The number of rotatable bonds is 3. The van der Waals surface area contributed by atoms with Crippen molar-refractivity contribution >= 4 is 11.5 Å². The van der Waals surface area contributed by atoms with Gasteiger partial charge in [0.1, 0.15) is 5.75 Å². The zero-order chi connectivity index (χ0) is 14.8. The van der Waals surface area contributed by atoms with Gasteiger partial charge in [-0.1, -0.05) is 23.8 Å². The average Bonchev–Trinajstić information content (AvgIpc) is 2.53. The van der Waals surface area contributed by atoms with Crippen molar-refractivity contribution in [3.63, 3.8) is 0 Å². The fourth-order valence-corrected chi connectivity index (χ4v) is 2.87. The Hall–Kier alpha value is -2.29. The second-order valence-electron chi connectivity index (χ2n) is 5.39. The highest BCUT2D eigenvalue weighted by Crippen LogP contribution is 2.29. The maximum atomic E-state index is 12.9. The quantitative estimate of drug-likeness (QED) is 0.874. The molecule has 0 radical (unpaired) electrons. The summed E-state index contributed by atoms with van der Waals surface area (Å²) in [5.41, 5.74) is 4.68. The molecule has 0 fully saturated rings. The summed E-state index contributed by atoms with van der Waals surface area (Å²) in [6.45, 7) is 2.96. The molecule has 108 valence electrons. The summed E-state index contributed by atoms with van der Waals surface area (Å²) >= 11 is 0. The van der Waals surface area contributed by atoms with Crippen molar-refractivity contribution in [3.8, 4) is 5.75 Å². The predicted molar refractivity (Wildman–Crippen MR) is 84.4 cm³/mol. The number of anilines is 1. The molecule has 0 saturated carbocycles. The Balaban J connectivity index is 2.09. The molecule has 0 aliphatic carbocycles. The van der Waals surface area contributed by atoms with E-state index in [1.54, 1.807) is 7.11 Å². The first-order valence-corrected chi connectivity index (χ1v) is 7.26. The largest absolute Gasteiger partial charge is 0.496 e. The highest BCUT2D eigenvalue weighted by molar-refractivity contribution is 6.12. The first-order chi connectivity index (χ1) is 10.2. The molecular weight excluding hydrogens is 262 g/mol. The molecule has 0 bridgehead atoms. The third-order valence-corrected chi connectivity index (χ3v) is 3.94. The van der Waals surface area contributed by atoms with Gasteiger partial charge in [0.05, 0.1) is 12.7 Å². The van der Waals surface area contributed by atoms with Crippen molar-refractivity contribution in [3.05, 3.63) is 58.7 Å². The summed E-state index contributed by atoms with van der Waals surface area (Å²) in [6, 6.07) is 11.6. The number of methoxy groups -OCH3 is 1. The van der Waals surface area contributed by atoms with E-state index >= 15 is 0 Å². The molecule has 21 heavy (non-hydrogen) atoms. The average molecular weight is 281 g/mol. The second-order valence-corrected chi connectivity index (χ2v) is 5.39. The third kappa shape index (κ3) is 2.51. The topological polar surface area (TPSA) is 38.3 Å². The number of hydrogen-bond donors (Lipinski definition) is 1. The molecule has 3 nitrogen and oxygen atoms in total. The number of aryl methyl sites for hydroxylation is 1. The number of fused-ring (bicyclic) bond motifs is 1. The molecule has 0 atom stereocenters. The normalized spacial score (nSPS) is 13.2. The van der Waals surface area contributed by atoms with Crippen LogP contribution in [0.2, 0.25) is 0 Å². The van der Waals surface area contributed by atoms with Gasteiger partial charge < -0.3 is 10.1 Å².